The predicted molar refractivity (Wildman–Crippen MR) is 156 cm³/mol. The number of carbonyl (C=O) groups is 1. The van der Waals surface area contributed by atoms with Gasteiger partial charge in [-0.05, 0) is 60.1 Å². The minimum absolute atomic E-state index is 0.203. The van der Waals surface area contributed by atoms with Gasteiger partial charge < -0.3 is 0 Å². The van der Waals surface area contributed by atoms with Crippen molar-refractivity contribution < 1.29 is 4.79 Å². The molecule has 3 aromatic carbocycles. The summed E-state index contributed by atoms with van der Waals surface area (Å²) in [4.78, 5) is 20.6. The summed E-state index contributed by atoms with van der Waals surface area (Å²) >= 11 is 0. The van der Waals surface area contributed by atoms with Crippen molar-refractivity contribution in [2.24, 2.45) is 4.99 Å². The molecule has 1 N–H and O–H groups in total. The van der Waals surface area contributed by atoms with E-state index in [4.69, 9.17) is 4.99 Å². The van der Waals surface area contributed by atoms with Gasteiger partial charge in [0.25, 0.3) is 5.91 Å². The lowest BCUT2D eigenvalue weighted by Gasteiger charge is -2.23. The highest BCUT2D eigenvalue weighted by Crippen LogP contribution is 2.40. The van der Waals surface area contributed by atoms with Gasteiger partial charge in [-0.25, -0.2) is 0 Å². The number of hydrogen-bond acceptors (Lipinski definition) is 4. The Morgan fingerprint density at radius 3 is 2.31 bits per heavy atom. The van der Waals surface area contributed by atoms with E-state index in [9.17, 15) is 4.79 Å². The molecule has 1 fully saturated rings. The molecule has 0 atom stereocenters. The largest absolute Gasteiger partial charge is 0.294 e. The van der Waals surface area contributed by atoms with Crippen molar-refractivity contribution >= 4 is 11.7 Å². The maximum atomic E-state index is 13.6. The summed E-state index contributed by atoms with van der Waals surface area (Å²) in [6, 6.07) is 23.7. The smallest absolute Gasteiger partial charge is 0.256 e. The predicted octanol–water partition coefficient (Wildman–Crippen LogP) is 7.36. The number of aliphatic imine (C=N–C) groups is 1. The summed E-state index contributed by atoms with van der Waals surface area (Å²) in [5, 5.41) is 11.1. The molecular formula is C33H35N5O. The summed E-state index contributed by atoms with van der Waals surface area (Å²) in [6.07, 6.45) is 8.74. The van der Waals surface area contributed by atoms with Crippen molar-refractivity contribution in [2.45, 2.75) is 70.9 Å². The molecule has 1 aromatic heterocycles. The fourth-order valence-corrected chi connectivity index (χ4v) is 5.93. The number of hydrogen-bond donors (Lipinski definition) is 1. The number of amides is 1. The SMILES string of the molecule is CCCCC1=NC2(CCCC2)C(=O)N1Cc1ccc(-c2cc(-c3ccc(C)cc3)ccc2-c2cn[nH]n2)cc1. The number of aromatic nitrogens is 3. The lowest BCUT2D eigenvalue weighted by atomic mass is 9.92. The maximum absolute atomic E-state index is 13.6. The van der Waals surface area contributed by atoms with Crippen molar-refractivity contribution in [3.05, 3.63) is 84.1 Å². The number of aromatic amines is 1. The average Bonchev–Trinajstić information content (AvgIpc) is 3.72. The molecule has 4 aromatic rings. The second-order valence-corrected chi connectivity index (χ2v) is 10.9. The van der Waals surface area contributed by atoms with Crippen LogP contribution in [0.1, 0.15) is 63.0 Å². The van der Waals surface area contributed by atoms with Crippen molar-refractivity contribution in [2.75, 3.05) is 0 Å². The molecule has 6 heteroatoms. The van der Waals surface area contributed by atoms with E-state index in [1.165, 1.54) is 11.1 Å². The van der Waals surface area contributed by atoms with Crippen LogP contribution < -0.4 is 0 Å². The van der Waals surface area contributed by atoms with E-state index in [0.717, 1.165) is 84.3 Å². The summed E-state index contributed by atoms with van der Waals surface area (Å²) in [5.41, 5.74) is 8.24. The first-order valence-corrected chi connectivity index (χ1v) is 14.1. The zero-order valence-electron chi connectivity index (χ0n) is 22.8. The van der Waals surface area contributed by atoms with Gasteiger partial charge in [-0.1, -0.05) is 92.4 Å². The Hall–Kier alpha value is -4.06. The van der Waals surface area contributed by atoms with Crippen molar-refractivity contribution in [3.63, 3.8) is 0 Å². The number of unbranched alkanes of at least 4 members (excludes halogenated alkanes) is 1. The number of nitrogens with one attached hydrogen (secondary N) is 1. The van der Waals surface area contributed by atoms with Crippen LogP contribution in [0.15, 0.2) is 77.9 Å². The van der Waals surface area contributed by atoms with Crippen LogP contribution in [-0.2, 0) is 11.3 Å². The van der Waals surface area contributed by atoms with E-state index in [1.54, 1.807) is 6.20 Å². The van der Waals surface area contributed by atoms with Crippen LogP contribution in [0.5, 0.6) is 0 Å². The van der Waals surface area contributed by atoms with E-state index in [2.05, 4.69) is 96.0 Å². The molecule has 1 aliphatic heterocycles. The van der Waals surface area contributed by atoms with Crippen LogP contribution in [0.3, 0.4) is 0 Å². The molecule has 0 unspecified atom stereocenters. The molecule has 6 rings (SSSR count). The van der Waals surface area contributed by atoms with Gasteiger partial charge in [0.1, 0.15) is 17.1 Å². The quantitative estimate of drug-likeness (QED) is 0.265. The lowest BCUT2D eigenvalue weighted by molar-refractivity contribution is -0.131. The molecule has 198 valence electrons. The Morgan fingerprint density at radius 2 is 1.62 bits per heavy atom. The lowest BCUT2D eigenvalue weighted by Crippen LogP contribution is -2.40. The summed E-state index contributed by atoms with van der Waals surface area (Å²) < 4.78 is 0. The van der Waals surface area contributed by atoms with E-state index in [0.29, 0.717) is 6.54 Å². The topological polar surface area (TPSA) is 74.2 Å². The molecule has 1 saturated carbocycles. The Bertz CT molecular complexity index is 1480. The van der Waals surface area contributed by atoms with E-state index in [1.807, 2.05) is 4.90 Å². The van der Waals surface area contributed by atoms with Crippen LogP contribution >= 0.6 is 0 Å². The Kier molecular flexibility index (Phi) is 6.86. The summed E-state index contributed by atoms with van der Waals surface area (Å²) in [6.45, 7) is 4.86. The second kappa shape index (κ2) is 10.6. The first-order valence-electron chi connectivity index (χ1n) is 14.1. The minimum atomic E-state index is -0.494. The van der Waals surface area contributed by atoms with Gasteiger partial charge in [0.15, 0.2) is 0 Å². The number of aryl methyl sites for hydroxylation is 1. The fourth-order valence-electron chi connectivity index (χ4n) is 5.93. The first kappa shape index (κ1) is 25.2. The third kappa shape index (κ3) is 4.91. The monoisotopic (exact) mass is 517 g/mol. The molecule has 1 spiro atoms. The fraction of sp³-hybridized carbons (Fsp3) is 0.333. The Morgan fingerprint density at radius 1 is 0.897 bits per heavy atom. The van der Waals surface area contributed by atoms with Gasteiger partial charge in [-0.15, -0.1) is 0 Å². The minimum Gasteiger partial charge on any atom is -0.294 e. The molecule has 6 nitrogen and oxygen atoms in total. The van der Waals surface area contributed by atoms with Crippen LogP contribution in [0.25, 0.3) is 33.5 Å². The number of H-pyrrole nitrogens is 1. The number of rotatable bonds is 8. The van der Waals surface area contributed by atoms with Gasteiger partial charge >= 0.3 is 0 Å². The van der Waals surface area contributed by atoms with Gasteiger partial charge in [-0.3, -0.25) is 14.7 Å². The third-order valence-corrected chi connectivity index (χ3v) is 8.18. The maximum Gasteiger partial charge on any atom is 0.256 e. The van der Waals surface area contributed by atoms with E-state index < -0.39 is 5.54 Å². The molecule has 39 heavy (non-hydrogen) atoms. The van der Waals surface area contributed by atoms with Gasteiger partial charge in [-0.2, -0.15) is 15.4 Å². The molecule has 0 bridgehead atoms. The number of benzene rings is 3. The summed E-state index contributed by atoms with van der Waals surface area (Å²) in [5.74, 6) is 1.18. The van der Waals surface area contributed by atoms with Crippen LogP contribution in [0, 0.1) is 6.92 Å². The van der Waals surface area contributed by atoms with Crippen molar-refractivity contribution in [1.82, 2.24) is 20.3 Å². The Labute approximate surface area is 230 Å². The molecule has 1 aliphatic carbocycles. The molecule has 2 heterocycles. The second-order valence-electron chi connectivity index (χ2n) is 10.9. The number of amidine groups is 1. The molecule has 2 aliphatic rings. The molecule has 1 amide bonds. The molecule has 0 saturated heterocycles. The van der Waals surface area contributed by atoms with Crippen LogP contribution in [-0.4, -0.2) is 37.6 Å². The van der Waals surface area contributed by atoms with Gasteiger partial charge in [0.2, 0.25) is 0 Å². The van der Waals surface area contributed by atoms with Crippen molar-refractivity contribution in [1.29, 1.82) is 0 Å². The van der Waals surface area contributed by atoms with Gasteiger partial charge in [0, 0.05) is 12.0 Å². The normalized spacial score (nSPS) is 16.3. The van der Waals surface area contributed by atoms with E-state index in [-0.39, 0.29) is 5.91 Å². The summed E-state index contributed by atoms with van der Waals surface area (Å²) in [7, 11) is 0. The highest BCUT2D eigenvalue weighted by atomic mass is 16.2. The Balaban J connectivity index is 1.30. The molecular weight excluding hydrogens is 482 g/mol. The highest BCUT2D eigenvalue weighted by molar-refractivity contribution is 6.08. The van der Waals surface area contributed by atoms with Crippen molar-refractivity contribution in [3.8, 4) is 33.5 Å². The average molecular weight is 518 g/mol. The highest BCUT2D eigenvalue weighted by Gasteiger charge is 2.49. The zero-order chi connectivity index (χ0) is 26.8. The molecule has 0 radical (unpaired) electrons. The van der Waals surface area contributed by atoms with E-state index >= 15 is 0 Å². The third-order valence-electron chi connectivity index (χ3n) is 8.18. The number of carbonyl (C=O) groups excluding carboxylic acids is 1. The zero-order valence-corrected chi connectivity index (χ0v) is 22.8. The first-order chi connectivity index (χ1) is 19.1. The van der Waals surface area contributed by atoms with Crippen LogP contribution in [0.2, 0.25) is 0 Å². The standard InChI is InChI=1S/C33H35N5O/c1-3-4-7-31-35-33(18-5-6-19-33)32(39)38(31)22-24-10-14-26(15-11-24)29-20-27(25-12-8-23(2)9-13-25)16-17-28(29)30-21-34-37-36-30/h8-17,20-21H,3-7,18-19,22H2,1-2H3,(H,34,36,37). The van der Waals surface area contributed by atoms with Gasteiger partial charge in [0.05, 0.1) is 12.7 Å². The van der Waals surface area contributed by atoms with Crippen LogP contribution in [0.4, 0.5) is 0 Å². The number of nitrogens with zero attached hydrogens (tertiary/aromatic N) is 4.